The molecule has 0 bridgehead atoms. The van der Waals surface area contributed by atoms with Crippen LogP contribution in [0.4, 0.5) is 4.39 Å². The van der Waals surface area contributed by atoms with E-state index < -0.39 is 0 Å². The molecule has 0 saturated carbocycles. The molecule has 0 radical (unpaired) electrons. The largest absolute Gasteiger partial charge is 0.351 e. The SMILES string of the molecule is CCN1C(=O)/C(=C\c2ccc(F)cc2)N=C1SCC(=O)NCc1ccccc1. The van der Waals surface area contributed by atoms with Crippen LogP contribution >= 0.6 is 11.8 Å². The van der Waals surface area contributed by atoms with E-state index in [-0.39, 0.29) is 29.1 Å². The summed E-state index contributed by atoms with van der Waals surface area (Å²) in [6.45, 7) is 2.76. The fraction of sp³-hybridized carbons (Fsp3) is 0.190. The Labute approximate surface area is 167 Å². The van der Waals surface area contributed by atoms with Crippen molar-refractivity contribution in [2.45, 2.75) is 13.5 Å². The predicted molar refractivity (Wildman–Crippen MR) is 110 cm³/mol. The lowest BCUT2D eigenvalue weighted by Gasteiger charge is -2.14. The van der Waals surface area contributed by atoms with Crippen molar-refractivity contribution in [3.8, 4) is 0 Å². The van der Waals surface area contributed by atoms with E-state index in [2.05, 4.69) is 10.3 Å². The van der Waals surface area contributed by atoms with Gasteiger partial charge in [0.2, 0.25) is 5.91 Å². The van der Waals surface area contributed by atoms with Gasteiger partial charge in [-0.3, -0.25) is 14.5 Å². The third-order valence-electron chi connectivity index (χ3n) is 4.07. The number of thioether (sulfide) groups is 1. The van der Waals surface area contributed by atoms with Crippen LogP contribution in [0.25, 0.3) is 6.08 Å². The number of hydrogen-bond donors (Lipinski definition) is 1. The molecule has 0 aliphatic carbocycles. The Bertz CT molecular complexity index is 911. The van der Waals surface area contributed by atoms with Crippen molar-refractivity contribution in [2.24, 2.45) is 4.99 Å². The second-order valence-corrected chi connectivity index (χ2v) is 7.02. The van der Waals surface area contributed by atoms with Gasteiger partial charge in [0.05, 0.1) is 5.75 Å². The van der Waals surface area contributed by atoms with Crippen LogP contribution in [-0.4, -0.2) is 34.2 Å². The standard InChI is InChI=1S/C21H20FN3O2S/c1-2-25-20(27)18(12-15-8-10-17(22)11-9-15)24-21(25)28-14-19(26)23-13-16-6-4-3-5-7-16/h3-12H,2,13-14H2,1H3,(H,23,26)/b18-12+. The van der Waals surface area contributed by atoms with Crippen molar-refractivity contribution in [3.05, 3.63) is 77.2 Å². The molecule has 0 unspecified atom stereocenters. The van der Waals surface area contributed by atoms with Gasteiger partial charge in [0.1, 0.15) is 11.5 Å². The zero-order valence-corrected chi connectivity index (χ0v) is 16.2. The summed E-state index contributed by atoms with van der Waals surface area (Å²) in [6, 6.07) is 15.5. The molecule has 0 fully saturated rings. The van der Waals surface area contributed by atoms with Crippen molar-refractivity contribution in [3.63, 3.8) is 0 Å². The second kappa shape index (κ2) is 9.32. The second-order valence-electron chi connectivity index (χ2n) is 6.08. The first-order valence-corrected chi connectivity index (χ1v) is 9.86. The number of likely N-dealkylation sites (N-methyl/N-ethyl adjacent to an activating group) is 1. The van der Waals surface area contributed by atoms with Crippen molar-refractivity contribution in [1.29, 1.82) is 0 Å². The van der Waals surface area contributed by atoms with E-state index in [0.29, 0.717) is 23.8 Å². The van der Waals surface area contributed by atoms with Gasteiger partial charge in [0, 0.05) is 13.1 Å². The monoisotopic (exact) mass is 397 g/mol. The van der Waals surface area contributed by atoms with Gasteiger partial charge in [-0.15, -0.1) is 0 Å². The highest BCUT2D eigenvalue weighted by Gasteiger charge is 2.29. The fourth-order valence-corrected chi connectivity index (χ4v) is 3.51. The Morgan fingerprint density at radius 1 is 1.18 bits per heavy atom. The van der Waals surface area contributed by atoms with Crippen LogP contribution < -0.4 is 5.32 Å². The number of halogens is 1. The summed E-state index contributed by atoms with van der Waals surface area (Å²) >= 11 is 1.22. The molecule has 1 aliphatic heterocycles. The maximum atomic E-state index is 13.0. The molecule has 1 aliphatic rings. The lowest BCUT2D eigenvalue weighted by molar-refractivity contribution is -0.122. The van der Waals surface area contributed by atoms with E-state index in [1.54, 1.807) is 18.2 Å². The first-order chi connectivity index (χ1) is 13.6. The van der Waals surface area contributed by atoms with Gasteiger partial charge in [0.15, 0.2) is 5.17 Å². The number of hydrogen-bond acceptors (Lipinski definition) is 4. The Morgan fingerprint density at radius 2 is 1.89 bits per heavy atom. The molecule has 7 heteroatoms. The van der Waals surface area contributed by atoms with Crippen molar-refractivity contribution >= 4 is 34.8 Å². The summed E-state index contributed by atoms with van der Waals surface area (Å²) in [4.78, 5) is 30.5. The van der Waals surface area contributed by atoms with E-state index in [1.807, 2.05) is 37.3 Å². The quantitative estimate of drug-likeness (QED) is 0.760. The molecule has 0 aromatic heterocycles. The number of nitrogens with one attached hydrogen (secondary N) is 1. The van der Waals surface area contributed by atoms with Crippen molar-refractivity contribution in [1.82, 2.24) is 10.2 Å². The first-order valence-electron chi connectivity index (χ1n) is 8.88. The summed E-state index contributed by atoms with van der Waals surface area (Å²) in [6.07, 6.45) is 1.62. The Morgan fingerprint density at radius 3 is 2.57 bits per heavy atom. The van der Waals surface area contributed by atoms with E-state index in [0.717, 1.165) is 5.56 Å². The highest BCUT2D eigenvalue weighted by molar-refractivity contribution is 8.14. The van der Waals surface area contributed by atoms with Crippen LogP contribution in [-0.2, 0) is 16.1 Å². The number of amidine groups is 1. The van der Waals surface area contributed by atoms with Gasteiger partial charge in [0.25, 0.3) is 5.91 Å². The molecule has 2 aromatic rings. The van der Waals surface area contributed by atoms with Crippen LogP contribution in [0.15, 0.2) is 65.3 Å². The Kier molecular flexibility index (Phi) is 6.60. The maximum Gasteiger partial charge on any atom is 0.278 e. The fourth-order valence-electron chi connectivity index (χ4n) is 2.61. The predicted octanol–water partition coefficient (Wildman–Crippen LogP) is 3.43. The number of carbonyl (C=O) groups is 2. The van der Waals surface area contributed by atoms with Gasteiger partial charge in [-0.05, 0) is 36.3 Å². The summed E-state index contributed by atoms with van der Waals surface area (Å²) in [5.74, 6) is -0.523. The van der Waals surface area contributed by atoms with Crippen LogP contribution in [0.1, 0.15) is 18.1 Å². The topological polar surface area (TPSA) is 61.8 Å². The van der Waals surface area contributed by atoms with E-state index >= 15 is 0 Å². The van der Waals surface area contributed by atoms with Gasteiger partial charge in [-0.2, -0.15) is 0 Å². The van der Waals surface area contributed by atoms with Crippen LogP contribution in [0.3, 0.4) is 0 Å². The van der Waals surface area contributed by atoms with Crippen LogP contribution in [0.5, 0.6) is 0 Å². The molecule has 3 rings (SSSR count). The highest BCUT2D eigenvalue weighted by Crippen LogP contribution is 2.23. The first kappa shape index (κ1) is 19.8. The highest BCUT2D eigenvalue weighted by atomic mass is 32.2. The zero-order chi connectivity index (χ0) is 19.9. The molecule has 5 nitrogen and oxygen atoms in total. The maximum absolute atomic E-state index is 13.0. The molecular formula is C21H20FN3O2S. The molecule has 2 aromatic carbocycles. The van der Waals surface area contributed by atoms with E-state index in [1.165, 1.54) is 28.8 Å². The average Bonchev–Trinajstić information content (AvgIpc) is 3.01. The normalized spacial score (nSPS) is 15.1. The minimum Gasteiger partial charge on any atom is -0.351 e. The minimum absolute atomic E-state index is 0.129. The van der Waals surface area contributed by atoms with E-state index in [4.69, 9.17) is 0 Å². The molecular weight excluding hydrogens is 377 g/mol. The van der Waals surface area contributed by atoms with Gasteiger partial charge in [-0.1, -0.05) is 54.2 Å². The third kappa shape index (κ3) is 5.07. The van der Waals surface area contributed by atoms with Crippen molar-refractivity contribution < 1.29 is 14.0 Å². The number of nitrogens with zero attached hydrogens (tertiary/aromatic N) is 2. The van der Waals surface area contributed by atoms with Crippen LogP contribution in [0.2, 0.25) is 0 Å². The zero-order valence-electron chi connectivity index (χ0n) is 15.4. The van der Waals surface area contributed by atoms with Gasteiger partial charge in [-0.25, -0.2) is 9.38 Å². The molecule has 1 heterocycles. The summed E-state index contributed by atoms with van der Waals surface area (Å²) in [5, 5.41) is 3.35. The summed E-state index contributed by atoms with van der Waals surface area (Å²) < 4.78 is 13.0. The number of rotatable bonds is 6. The molecule has 2 amide bonds. The summed E-state index contributed by atoms with van der Waals surface area (Å²) in [7, 11) is 0. The van der Waals surface area contributed by atoms with Crippen LogP contribution in [0, 0.1) is 5.82 Å². The van der Waals surface area contributed by atoms with Gasteiger partial charge >= 0.3 is 0 Å². The van der Waals surface area contributed by atoms with Gasteiger partial charge < -0.3 is 5.32 Å². The lowest BCUT2D eigenvalue weighted by Crippen LogP contribution is -2.32. The summed E-state index contributed by atoms with van der Waals surface area (Å²) in [5.41, 5.74) is 1.99. The Hall–Kier alpha value is -2.93. The molecule has 0 spiro atoms. The molecule has 0 atom stereocenters. The average molecular weight is 397 g/mol. The Balaban J connectivity index is 1.62. The van der Waals surface area contributed by atoms with E-state index in [9.17, 15) is 14.0 Å². The number of benzene rings is 2. The lowest BCUT2D eigenvalue weighted by atomic mass is 10.2. The molecule has 144 valence electrons. The molecule has 1 N–H and O–H groups in total. The molecule has 28 heavy (non-hydrogen) atoms. The minimum atomic E-state index is -0.337. The number of carbonyl (C=O) groups excluding carboxylic acids is 2. The molecule has 0 saturated heterocycles. The van der Waals surface area contributed by atoms with Crippen molar-refractivity contribution in [2.75, 3.05) is 12.3 Å². The third-order valence-corrected chi connectivity index (χ3v) is 5.04. The smallest absolute Gasteiger partial charge is 0.278 e. The number of aliphatic imine (C=N–C) groups is 1. The number of amides is 2.